The Morgan fingerprint density at radius 1 is 1.19 bits per heavy atom. The maximum Gasteiger partial charge on any atom is 0.222 e. The fourth-order valence-corrected chi connectivity index (χ4v) is 4.81. The number of ether oxygens (including phenoxy) is 1. The van der Waals surface area contributed by atoms with E-state index in [1.54, 1.807) is 7.11 Å². The summed E-state index contributed by atoms with van der Waals surface area (Å²) in [4.78, 5) is 14.6. The largest absolute Gasteiger partial charge is 0.497 e. The molecule has 3 rings (SSSR count). The molecule has 0 unspecified atom stereocenters. The Balaban J connectivity index is 1.53. The minimum Gasteiger partial charge on any atom is -0.497 e. The molecule has 2 aromatic carbocycles. The van der Waals surface area contributed by atoms with E-state index in [9.17, 15) is 4.79 Å². The maximum atomic E-state index is 12.6. The van der Waals surface area contributed by atoms with Gasteiger partial charge in [-0.05, 0) is 42.2 Å². The van der Waals surface area contributed by atoms with E-state index >= 15 is 0 Å². The number of carbonyl (C=O) groups excluding carboxylic acids is 1. The molecule has 0 bridgehead atoms. The van der Waals surface area contributed by atoms with E-state index in [0.717, 1.165) is 48.0 Å². The van der Waals surface area contributed by atoms with E-state index in [1.807, 2.05) is 59.1 Å². The van der Waals surface area contributed by atoms with Crippen LogP contribution in [0.1, 0.15) is 29.2 Å². The lowest BCUT2D eigenvalue weighted by Gasteiger charge is -2.20. The van der Waals surface area contributed by atoms with Crippen molar-refractivity contribution in [2.75, 3.05) is 26.0 Å². The number of methoxy groups -OCH3 is 1. The molecular formula is C21H24ClNO2S. The van der Waals surface area contributed by atoms with E-state index in [-0.39, 0.29) is 5.91 Å². The van der Waals surface area contributed by atoms with Crippen LogP contribution in [0.25, 0.3) is 0 Å². The van der Waals surface area contributed by atoms with Crippen LogP contribution in [-0.4, -0.2) is 36.8 Å². The average molecular weight is 390 g/mol. The average Bonchev–Trinajstić information content (AvgIpc) is 2.93. The Bertz CT molecular complexity index is 735. The van der Waals surface area contributed by atoms with Gasteiger partial charge in [-0.1, -0.05) is 41.9 Å². The molecule has 0 N–H and O–H groups in total. The van der Waals surface area contributed by atoms with Crippen LogP contribution in [-0.2, 0) is 11.2 Å². The number of hydrogen-bond donors (Lipinski definition) is 0. The van der Waals surface area contributed by atoms with Crippen LogP contribution in [0.5, 0.6) is 5.75 Å². The Labute approximate surface area is 164 Å². The lowest BCUT2D eigenvalue weighted by atomic mass is 10.1. The second-order valence-electron chi connectivity index (χ2n) is 6.40. The van der Waals surface area contributed by atoms with Gasteiger partial charge in [-0.25, -0.2) is 0 Å². The van der Waals surface area contributed by atoms with E-state index in [0.29, 0.717) is 11.7 Å². The van der Waals surface area contributed by atoms with Crippen molar-refractivity contribution in [1.82, 2.24) is 4.90 Å². The molecule has 1 aliphatic heterocycles. The standard InChI is InChI=1S/C21H24ClNO2S/c1-25-17-9-6-16(7-10-17)8-11-21(24)23-13-12-20(26-15-14-23)18-4-2-3-5-19(18)22/h2-7,9-10,20H,8,11-15H2,1H3/t20-/m1/s1. The second kappa shape index (κ2) is 9.33. The summed E-state index contributed by atoms with van der Waals surface area (Å²) < 4.78 is 5.17. The van der Waals surface area contributed by atoms with Gasteiger partial charge in [0.25, 0.3) is 0 Å². The van der Waals surface area contributed by atoms with Crippen LogP contribution in [0, 0.1) is 0 Å². The first-order valence-corrected chi connectivity index (χ1v) is 10.4. The predicted octanol–water partition coefficient (Wildman–Crippen LogP) is 4.99. The van der Waals surface area contributed by atoms with Gasteiger partial charge in [0, 0.05) is 35.5 Å². The van der Waals surface area contributed by atoms with Gasteiger partial charge in [0.15, 0.2) is 0 Å². The highest BCUT2D eigenvalue weighted by molar-refractivity contribution is 7.99. The van der Waals surface area contributed by atoms with Gasteiger partial charge in [-0.2, -0.15) is 11.8 Å². The van der Waals surface area contributed by atoms with Crippen molar-refractivity contribution >= 4 is 29.3 Å². The molecule has 1 aliphatic rings. The summed E-state index contributed by atoms with van der Waals surface area (Å²) in [6, 6.07) is 16.0. The summed E-state index contributed by atoms with van der Waals surface area (Å²) in [5.41, 5.74) is 2.35. The lowest BCUT2D eigenvalue weighted by molar-refractivity contribution is -0.130. The number of aryl methyl sites for hydroxylation is 1. The van der Waals surface area contributed by atoms with Crippen molar-refractivity contribution in [3.63, 3.8) is 0 Å². The number of rotatable bonds is 5. The van der Waals surface area contributed by atoms with Crippen molar-refractivity contribution in [3.8, 4) is 5.75 Å². The Kier molecular flexibility index (Phi) is 6.86. The molecule has 5 heteroatoms. The van der Waals surface area contributed by atoms with Crippen LogP contribution >= 0.6 is 23.4 Å². The molecule has 3 nitrogen and oxygen atoms in total. The first-order chi connectivity index (χ1) is 12.7. The van der Waals surface area contributed by atoms with Crippen molar-refractivity contribution < 1.29 is 9.53 Å². The summed E-state index contributed by atoms with van der Waals surface area (Å²) >= 11 is 8.24. The van der Waals surface area contributed by atoms with Gasteiger partial charge >= 0.3 is 0 Å². The van der Waals surface area contributed by atoms with E-state index in [1.165, 1.54) is 5.56 Å². The lowest BCUT2D eigenvalue weighted by Crippen LogP contribution is -2.33. The minimum absolute atomic E-state index is 0.237. The number of thioether (sulfide) groups is 1. The van der Waals surface area contributed by atoms with Crippen molar-refractivity contribution in [1.29, 1.82) is 0 Å². The summed E-state index contributed by atoms with van der Waals surface area (Å²) in [6.07, 6.45) is 2.26. The molecule has 1 amide bonds. The smallest absolute Gasteiger partial charge is 0.222 e. The molecule has 1 fully saturated rings. The first-order valence-electron chi connectivity index (χ1n) is 8.94. The molecule has 0 aliphatic carbocycles. The fourth-order valence-electron chi connectivity index (χ4n) is 3.21. The van der Waals surface area contributed by atoms with Crippen LogP contribution in [0.4, 0.5) is 0 Å². The van der Waals surface area contributed by atoms with Gasteiger partial charge in [-0.3, -0.25) is 4.79 Å². The highest BCUT2D eigenvalue weighted by Crippen LogP contribution is 2.37. The third kappa shape index (κ3) is 4.95. The molecule has 138 valence electrons. The van der Waals surface area contributed by atoms with Gasteiger partial charge in [0.2, 0.25) is 5.91 Å². The molecule has 0 saturated carbocycles. The third-order valence-electron chi connectivity index (χ3n) is 4.73. The quantitative estimate of drug-likeness (QED) is 0.721. The molecule has 0 aromatic heterocycles. The Morgan fingerprint density at radius 2 is 1.96 bits per heavy atom. The zero-order chi connectivity index (χ0) is 18.4. The topological polar surface area (TPSA) is 29.5 Å². The number of nitrogens with zero attached hydrogens (tertiary/aromatic N) is 1. The third-order valence-corrected chi connectivity index (χ3v) is 6.39. The van der Waals surface area contributed by atoms with Crippen LogP contribution in [0.3, 0.4) is 0 Å². The van der Waals surface area contributed by atoms with Gasteiger partial charge in [0.1, 0.15) is 5.75 Å². The summed E-state index contributed by atoms with van der Waals surface area (Å²) in [5, 5.41) is 1.19. The fraction of sp³-hybridized carbons (Fsp3) is 0.381. The predicted molar refractivity (Wildman–Crippen MR) is 109 cm³/mol. The van der Waals surface area contributed by atoms with E-state index in [2.05, 4.69) is 6.07 Å². The van der Waals surface area contributed by atoms with Crippen molar-refractivity contribution in [3.05, 3.63) is 64.7 Å². The molecule has 1 heterocycles. The number of amides is 1. The van der Waals surface area contributed by atoms with Crippen LogP contribution in [0.15, 0.2) is 48.5 Å². The molecule has 26 heavy (non-hydrogen) atoms. The van der Waals surface area contributed by atoms with Gasteiger partial charge in [-0.15, -0.1) is 0 Å². The Hall–Kier alpha value is -1.65. The maximum absolute atomic E-state index is 12.6. The minimum atomic E-state index is 0.237. The van der Waals surface area contributed by atoms with E-state index < -0.39 is 0 Å². The molecule has 0 spiro atoms. The number of carbonyl (C=O) groups is 1. The molecular weight excluding hydrogens is 366 g/mol. The van der Waals surface area contributed by atoms with E-state index in [4.69, 9.17) is 16.3 Å². The second-order valence-corrected chi connectivity index (χ2v) is 8.12. The number of hydrogen-bond acceptors (Lipinski definition) is 3. The zero-order valence-corrected chi connectivity index (χ0v) is 16.6. The molecule has 0 radical (unpaired) electrons. The number of halogens is 1. The summed E-state index contributed by atoms with van der Waals surface area (Å²) in [5.74, 6) is 2.03. The monoisotopic (exact) mass is 389 g/mol. The van der Waals surface area contributed by atoms with Crippen LogP contribution in [0.2, 0.25) is 5.02 Å². The van der Waals surface area contributed by atoms with Crippen molar-refractivity contribution in [2.45, 2.75) is 24.5 Å². The summed E-state index contributed by atoms with van der Waals surface area (Å²) in [7, 11) is 1.66. The first kappa shape index (κ1) is 19.1. The Morgan fingerprint density at radius 3 is 2.69 bits per heavy atom. The zero-order valence-electron chi connectivity index (χ0n) is 15.0. The van der Waals surface area contributed by atoms with Gasteiger partial charge in [0.05, 0.1) is 7.11 Å². The number of benzene rings is 2. The molecule has 1 saturated heterocycles. The summed E-state index contributed by atoms with van der Waals surface area (Å²) in [6.45, 7) is 1.61. The highest BCUT2D eigenvalue weighted by atomic mass is 35.5. The highest BCUT2D eigenvalue weighted by Gasteiger charge is 2.23. The van der Waals surface area contributed by atoms with Crippen molar-refractivity contribution in [2.24, 2.45) is 0 Å². The van der Waals surface area contributed by atoms with Gasteiger partial charge < -0.3 is 9.64 Å². The SMILES string of the molecule is COc1ccc(CCC(=O)N2CCS[C@@H](c3ccccc3Cl)CC2)cc1. The molecule has 1 atom stereocenters. The van der Waals surface area contributed by atoms with Crippen LogP contribution < -0.4 is 4.74 Å². The normalized spacial score (nSPS) is 17.6. The molecule has 2 aromatic rings.